The van der Waals surface area contributed by atoms with E-state index in [1.54, 1.807) is 11.3 Å². The molecule has 1 aliphatic rings. The molecule has 2 heterocycles. The number of aliphatic hydroxyl groups excluding tert-OH is 1. The normalized spacial score (nSPS) is 18.2. The fourth-order valence-corrected chi connectivity index (χ4v) is 3.09. The van der Waals surface area contributed by atoms with E-state index in [0.29, 0.717) is 18.9 Å². The topological polar surface area (TPSA) is 61.4 Å². The van der Waals surface area contributed by atoms with Crippen molar-refractivity contribution in [3.63, 3.8) is 0 Å². The lowest BCUT2D eigenvalue weighted by atomic mass is 9.93. The summed E-state index contributed by atoms with van der Waals surface area (Å²) in [5, 5.41) is 19.8. The van der Waals surface area contributed by atoms with Crippen LogP contribution in [0.25, 0.3) is 0 Å². The molecule has 0 aromatic carbocycles. The van der Waals surface area contributed by atoms with Crippen LogP contribution in [0.2, 0.25) is 0 Å². The van der Waals surface area contributed by atoms with Gasteiger partial charge < -0.3 is 15.7 Å². The Labute approximate surface area is 118 Å². The largest absolute Gasteiger partial charge is 0.387 e. The van der Waals surface area contributed by atoms with E-state index in [4.69, 9.17) is 0 Å². The fourth-order valence-electron chi connectivity index (χ4n) is 2.39. The first-order chi connectivity index (χ1) is 9.25. The summed E-state index contributed by atoms with van der Waals surface area (Å²) in [6.07, 6.45) is 3.28. The van der Waals surface area contributed by atoms with Crippen molar-refractivity contribution in [3.05, 3.63) is 22.4 Å². The van der Waals surface area contributed by atoms with Gasteiger partial charge in [0.25, 0.3) is 0 Å². The molecule has 5 heteroatoms. The highest BCUT2D eigenvalue weighted by Crippen LogP contribution is 2.18. The van der Waals surface area contributed by atoms with E-state index in [9.17, 15) is 9.90 Å². The van der Waals surface area contributed by atoms with Gasteiger partial charge in [0.15, 0.2) is 0 Å². The van der Waals surface area contributed by atoms with E-state index >= 15 is 0 Å². The van der Waals surface area contributed by atoms with Gasteiger partial charge in [-0.2, -0.15) is 11.3 Å². The number of piperidine rings is 1. The Morgan fingerprint density at radius 3 is 3.00 bits per heavy atom. The van der Waals surface area contributed by atoms with Gasteiger partial charge in [0, 0.05) is 13.0 Å². The zero-order chi connectivity index (χ0) is 13.5. The Hall–Kier alpha value is -0.910. The molecule has 1 aromatic rings. The Balaban J connectivity index is 1.61. The average molecular weight is 282 g/mol. The third-order valence-corrected chi connectivity index (χ3v) is 4.36. The van der Waals surface area contributed by atoms with Gasteiger partial charge in [0.05, 0.1) is 6.10 Å². The number of hydrogen-bond donors (Lipinski definition) is 3. The van der Waals surface area contributed by atoms with Crippen LogP contribution in [0.4, 0.5) is 0 Å². The number of hydrogen-bond acceptors (Lipinski definition) is 4. The van der Waals surface area contributed by atoms with Gasteiger partial charge in [0.2, 0.25) is 5.91 Å². The van der Waals surface area contributed by atoms with E-state index in [2.05, 4.69) is 10.6 Å². The number of carbonyl (C=O) groups excluding carboxylic acids is 1. The number of rotatable bonds is 6. The van der Waals surface area contributed by atoms with Crippen molar-refractivity contribution < 1.29 is 9.90 Å². The number of nitrogens with one attached hydrogen (secondary N) is 2. The fraction of sp³-hybridized carbons (Fsp3) is 0.643. The minimum atomic E-state index is -0.589. The Bertz CT molecular complexity index is 375. The maximum Gasteiger partial charge on any atom is 0.220 e. The van der Waals surface area contributed by atoms with E-state index in [1.165, 1.54) is 12.8 Å². The van der Waals surface area contributed by atoms with Crippen LogP contribution < -0.4 is 10.6 Å². The van der Waals surface area contributed by atoms with Crippen LogP contribution in [-0.4, -0.2) is 30.6 Å². The second-order valence-electron chi connectivity index (χ2n) is 5.11. The van der Waals surface area contributed by atoms with E-state index in [-0.39, 0.29) is 5.91 Å². The summed E-state index contributed by atoms with van der Waals surface area (Å²) >= 11 is 1.55. The van der Waals surface area contributed by atoms with E-state index < -0.39 is 6.10 Å². The van der Waals surface area contributed by atoms with E-state index in [1.807, 2.05) is 16.8 Å². The summed E-state index contributed by atoms with van der Waals surface area (Å²) in [5.41, 5.74) is 0.878. The first kappa shape index (κ1) is 14.5. The molecular weight excluding hydrogens is 260 g/mol. The van der Waals surface area contributed by atoms with Crippen molar-refractivity contribution in [2.24, 2.45) is 5.92 Å². The molecule has 0 bridgehead atoms. The summed E-state index contributed by atoms with van der Waals surface area (Å²) in [5.74, 6) is 0.724. The average Bonchev–Trinajstić information content (AvgIpc) is 2.98. The molecule has 0 radical (unpaired) electrons. The molecule has 4 nitrogen and oxygen atoms in total. The minimum Gasteiger partial charge on any atom is -0.387 e. The van der Waals surface area contributed by atoms with Crippen molar-refractivity contribution in [2.45, 2.75) is 31.8 Å². The Morgan fingerprint density at radius 1 is 1.53 bits per heavy atom. The summed E-state index contributed by atoms with van der Waals surface area (Å²) in [6.45, 7) is 2.45. The lowest BCUT2D eigenvalue weighted by molar-refractivity contribution is -0.121. The van der Waals surface area contributed by atoms with Crippen molar-refractivity contribution in [2.75, 3.05) is 19.6 Å². The van der Waals surface area contributed by atoms with Crippen LogP contribution in [0.1, 0.15) is 37.4 Å². The molecule has 2 rings (SSSR count). The molecule has 106 valence electrons. The predicted molar refractivity (Wildman–Crippen MR) is 77.1 cm³/mol. The maximum absolute atomic E-state index is 11.7. The molecule has 3 N–H and O–H groups in total. The first-order valence-corrected chi connectivity index (χ1v) is 7.87. The molecule has 0 saturated carbocycles. The third kappa shape index (κ3) is 4.93. The zero-order valence-electron chi connectivity index (χ0n) is 11.1. The Kier molecular flexibility index (Phi) is 5.82. The predicted octanol–water partition coefficient (Wildman–Crippen LogP) is 1.68. The summed E-state index contributed by atoms with van der Waals surface area (Å²) in [6, 6.07) is 1.89. The number of thiophene rings is 1. The quantitative estimate of drug-likeness (QED) is 0.744. The summed E-state index contributed by atoms with van der Waals surface area (Å²) in [4.78, 5) is 11.7. The molecule has 1 saturated heterocycles. The van der Waals surface area contributed by atoms with Gasteiger partial charge in [-0.3, -0.25) is 4.79 Å². The van der Waals surface area contributed by atoms with Crippen LogP contribution in [-0.2, 0) is 4.79 Å². The molecule has 1 unspecified atom stereocenters. The van der Waals surface area contributed by atoms with Gasteiger partial charge >= 0.3 is 0 Å². The molecule has 1 aromatic heterocycles. The van der Waals surface area contributed by atoms with Crippen LogP contribution in [0, 0.1) is 5.92 Å². The van der Waals surface area contributed by atoms with Gasteiger partial charge in [-0.25, -0.2) is 0 Å². The molecule has 1 fully saturated rings. The van der Waals surface area contributed by atoms with Crippen LogP contribution in [0.3, 0.4) is 0 Å². The smallest absolute Gasteiger partial charge is 0.220 e. The molecule has 1 atom stereocenters. The molecule has 1 aliphatic heterocycles. The standard InChI is InChI=1S/C14H22N2O2S/c17-13(12-5-8-19-10-12)9-16-14(18)2-1-11-3-6-15-7-4-11/h5,8,10-11,13,15,17H,1-4,6-7,9H2,(H,16,18). The third-order valence-electron chi connectivity index (χ3n) is 3.66. The van der Waals surface area contributed by atoms with Crippen molar-refractivity contribution in [3.8, 4) is 0 Å². The van der Waals surface area contributed by atoms with Gasteiger partial charge in [-0.15, -0.1) is 0 Å². The maximum atomic E-state index is 11.7. The van der Waals surface area contributed by atoms with Crippen molar-refractivity contribution in [1.82, 2.24) is 10.6 Å². The molecule has 0 spiro atoms. The number of aliphatic hydroxyl groups is 1. The SMILES string of the molecule is O=C(CCC1CCNCC1)NCC(O)c1ccsc1. The second-order valence-corrected chi connectivity index (χ2v) is 5.89. The lowest BCUT2D eigenvalue weighted by Crippen LogP contribution is -2.31. The lowest BCUT2D eigenvalue weighted by Gasteiger charge is -2.22. The van der Waals surface area contributed by atoms with Crippen LogP contribution in [0.15, 0.2) is 16.8 Å². The summed E-state index contributed by atoms with van der Waals surface area (Å²) in [7, 11) is 0. The molecule has 0 aliphatic carbocycles. The molecular formula is C14H22N2O2S. The van der Waals surface area contributed by atoms with Crippen molar-refractivity contribution in [1.29, 1.82) is 0 Å². The highest BCUT2D eigenvalue weighted by atomic mass is 32.1. The molecule has 19 heavy (non-hydrogen) atoms. The minimum absolute atomic E-state index is 0.0489. The second kappa shape index (κ2) is 7.62. The number of carbonyl (C=O) groups is 1. The zero-order valence-corrected chi connectivity index (χ0v) is 11.9. The highest BCUT2D eigenvalue weighted by molar-refractivity contribution is 7.07. The van der Waals surface area contributed by atoms with Gasteiger partial charge in [0.1, 0.15) is 0 Å². The van der Waals surface area contributed by atoms with Crippen LogP contribution in [0.5, 0.6) is 0 Å². The Morgan fingerprint density at radius 2 is 2.32 bits per heavy atom. The first-order valence-electron chi connectivity index (χ1n) is 6.93. The number of amides is 1. The van der Waals surface area contributed by atoms with Crippen molar-refractivity contribution >= 4 is 17.2 Å². The highest BCUT2D eigenvalue weighted by Gasteiger charge is 2.15. The van der Waals surface area contributed by atoms with Gasteiger partial charge in [-0.1, -0.05) is 0 Å². The monoisotopic (exact) mass is 282 g/mol. The summed E-state index contributed by atoms with van der Waals surface area (Å²) < 4.78 is 0. The van der Waals surface area contributed by atoms with E-state index in [0.717, 1.165) is 25.1 Å². The van der Waals surface area contributed by atoms with Crippen LogP contribution >= 0.6 is 11.3 Å². The van der Waals surface area contributed by atoms with Gasteiger partial charge in [-0.05, 0) is 60.7 Å². The molecule has 1 amide bonds.